The second kappa shape index (κ2) is 3.92. The number of nitrogens with zero attached hydrogens (tertiary/aromatic N) is 2. The molecular weight excluding hydrogens is 162 g/mol. The smallest absolute Gasteiger partial charge is 0.0644 e. The molecule has 13 heavy (non-hydrogen) atoms. The fraction of sp³-hybridized carbons (Fsp3) is 0.700. The second-order valence-electron chi connectivity index (χ2n) is 3.60. The Morgan fingerprint density at radius 1 is 1.46 bits per heavy atom. The summed E-state index contributed by atoms with van der Waals surface area (Å²) >= 11 is 0. The number of nitrogens with two attached hydrogens (primary N) is 1. The van der Waals surface area contributed by atoms with Crippen LogP contribution < -0.4 is 5.73 Å². The molecule has 0 spiro atoms. The van der Waals surface area contributed by atoms with Crippen molar-refractivity contribution in [2.75, 3.05) is 0 Å². The fourth-order valence-electron chi connectivity index (χ4n) is 1.78. The zero-order valence-electron chi connectivity index (χ0n) is 8.96. The molecule has 0 fully saturated rings. The van der Waals surface area contributed by atoms with E-state index in [4.69, 9.17) is 5.73 Å². The predicted molar refractivity (Wildman–Crippen MR) is 54.5 cm³/mol. The Labute approximate surface area is 79.9 Å². The van der Waals surface area contributed by atoms with Crippen LogP contribution in [0.15, 0.2) is 0 Å². The van der Waals surface area contributed by atoms with E-state index in [1.54, 1.807) is 0 Å². The normalized spacial score (nSPS) is 13.3. The fourth-order valence-corrected chi connectivity index (χ4v) is 1.78. The van der Waals surface area contributed by atoms with Crippen molar-refractivity contribution in [3.8, 4) is 0 Å². The second-order valence-corrected chi connectivity index (χ2v) is 3.60. The molecule has 0 bridgehead atoms. The van der Waals surface area contributed by atoms with Gasteiger partial charge in [-0.25, -0.2) is 0 Å². The summed E-state index contributed by atoms with van der Waals surface area (Å²) in [5.74, 6) is 0. The monoisotopic (exact) mass is 181 g/mol. The number of aryl methyl sites for hydroxylation is 2. The standard InChI is InChI=1S/C10H19N3/c1-5-6-9(11)10-7(2)12-13(4)8(10)3/h9H,5-6,11H2,1-4H3. The Balaban J connectivity index is 2.98. The first-order valence-electron chi connectivity index (χ1n) is 4.83. The molecule has 1 atom stereocenters. The third-order valence-electron chi connectivity index (χ3n) is 2.54. The zero-order valence-corrected chi connectivity index (χ0v) is 8.96. The van der Waals surface area contributed by atoms with Gasteiger partial charge in [0.15, 0.2) is 0 Å². The van der Waals surface area contributed by atoms with Gasteiger partial charge < -0.3 is 5.73 Å². The molecule has 1 aromatic rings. The molecule has 1 unspecified atom stereocenters. The summed E-state index contributed by atoms with van der Waals surface area (Å²) in [5, 5.41) is 4.35. The van der Waals surface area contributed by atoms with E-state index in [0.717, 1.165) is 18.5 Å². The van der Waals surface area contributed by atoms with Crippen LogP contribution in [0.5, 0.6) is 0 Å². The van der Waals surface area contributed by atoms with Crippen molar-refractivity contribution in [2.45, 2.75) is 39.7 Å². The number of hydrogen-bond acceptors (Lipinski definition) is 2. The number of rotatable bonds is 3. The minimum absolute atomic E-state index is 0.152. The molecule has 0 aromatic carbocycles. The SMILES string of the molecule is CCCC(N)c1c(C)nn(C)c1C. The number of hydrogen-bond donors (Lipinski definition) is 1. The lowest BCUT2D eigenvalue weighted by Gasteiger charge is -2.10. The molecule has 0 saturated carbocycles. The summed E-state index contributed by atoms with van der Waals surface area (Å²) in [7, 11) is 1.96. The summed E-state index contributed by atoms with van der Waals surface area (Å²) in [6, 6.07) is 0.152. The van der Waals surface area contributed by atoms with Crippen LogP contribution in [0.2, 0.25) is 0 Å². The van der Waals surface area contributed by atoms with Gasteiger partial charge in [0.05, 0.1) is 5.69 Å². The van der Waals surface area contributed by atoms with Crippen molar-refractivity contribution in [3.05, 3.63) is 17.0 Å². The minimum atomic E-state index is 0.152. The first kappa shape index (κ1) is 10.3. The van der Waals surface area contributed by atoms with E-state index in [1.165, 1.54) is 11.3 Å². The van der Waals surface area contributed by atoms with E-state index in [0.29, 0.717) is 0 Å². The molecule has 0 aliphatic carbocycles. The average molecular weight is 181 g/mol. The van der Waals surface area contributed by atoms with Crippen LogP contribution in [-0.4, -0.2) is 9.78 Å². The largest absolute Gasteiger partial charge is 0.324 e. The van der Waals surface area contributed by atoms with E-state index >= 15 is 0 Å². The van der Waals surface area contributed by atoms with Crippen molar-refractivity contribution in [2.24, 2.45) is 12.8 Å². The van der Waals surface area contributed by atoms with Crippen LogP contribution >= 0.6 is 0 Å². The van der Waals surface area contributed by atoms with Gasteiger partial charge in [-0.2, -0.15) is 5.10 Å². The number of aromatic nitrogens is 2. The zero-order chi connectivity index (χ0) is 10.0. The molecule has 0 aliphatic heterocycles. The van der Waals surface area contributed by atoms with Crippen molar-refractivity contribution in [1.82, 2.24) is 9.78 Å². The van der Waals surface area contributed by atoms with E-state index in [9.17, 15) is 0 Å². The van der Waals surface area contributed by atoms with Gasteiger partial charge in [0.25, 0.3) is 0 Å². The Morgan fingerprint density at radius 2 is 2.08 bits per heavy atom. The van der Waals surface area contributed by atoms with E-state index in [1.807, 2.05) is 18.7 Å². The first-order valence-corrected chi connectivity index (χ1v) is 4.83. The van der Waals surface area contributed by atoms with Gasteiger partial charge in [-0.3, -0.25) is 4.68 Å². The van der Waals surface area contributed by atoms with Crippen molar-refractivity contribution >= 4 is 0 Å². The maximum atomic E-state index is 6.07. The molecule has 2 N–H and O–H groups in total. The molecule has 1 rings (SSSR count). The highest BCUT2D eigenvalue weighted by Gasteiger charge is 2.15. The van der Waals surface area contributed by atoms with Crippen LogP contribution in [0, 0.1) is 13.8 Å². The van der Waals surface area contributed by atoms with Gasteiger partial charge in [-0.05, 0) is 20.3 Å². The third kappa shape index (κ3) is 1.91. The van der Waals surface area contributed by atoms with E-state index < -0.39 is 0 Å². The van der Waals surface area contributed by atoms with Crippen molar-refractivity contribution < 1.29 is 0 Å². The van der Waals surface area contributed by atoms with Gasteiger partial charge in [0, 0.05) is 24.3 Å². The molecular formula is C10H19N3. The van der Waals surface area contributed by atoms with Gasteiger partial charge in [-0.15, -0.1) is 0 Å². The van der Waals surface area contributed by atoms with Crippen LogP contribution in [0.1, 0.15) is 42.8 Å². The summed E-state index contributed by atoms with van der Waals surface area (Å²) in [5.41, 5.74) is 9.56. The topological polar surface area (TPSA) is 43.8 Å². The Bertz CT molecular complexity index is 289. The molecule has 0 aliphatic rings. The third-order valence-corrected chi connectivity index (χ3v) is 2.54. The maximum absolute atomic E-state index is 6.07. The molecule has 0 amide bonds. The highest BCUT2D eigenvalue weighted by Crippen LogP contribution is 2.22. The predicted octanol–water partition coefficient (Wildman–Crippen LogP) is 1.84. The summed E-state index contributed by atoms with van der Waals surface area (Å²) < 4.78 is 1.90. The first-order chi connectivity index (χ1) is 6.07. The molecule has 1 aromatic heterocycles. The van der Waals surface area contributed by atoms with Crippen LogP contribution in [0.25, 0.3) is 0 Å². The highest BCUT2D eigenvalue weighted by molar-refractivity contribution is 5.27. The van der Waals surface area contributed by atoms with Gasteiger partial charge in [0.1, 0.15) is 0 Å². The van der Waals surface area contributed by atoms with Crippen LogP contribution in [0.3, 0.4) is 0 Å². The van der Waals surface area contributed by atoms with Gasteiger partial charge in [-0.1, -0.05) is 13.3 Å². The van der Waals surface area contributed by atoms with Crippen molar-refractivity contribution in [1.29, 1.82) is 0 Å². The van der Waals surface area contributed by atoms with Crippen molar-refractivity contribution in [3.63, 3.8) is 0 Å². The lowest BCUT2D eigenvalue weighted by atomic mass is 10.0. The molecule has 0 radical (unpaired) electrons. The Hall–Kier alpha value is -0.830. The molecule has 3 heteroatoms. The quantitative estimate of drug-likeness (QED) is 0.773. The molecule has 1 heterocycles. The molecule has 3 nitrogen and oxygen atoms in total. The summed E-state index contributed by atoms with van der Waals surface area (Å²) in [6.45, 7) is 6.25. The minimum Gasteiger partial charge on any atom is -0.324 e. The molecule has 0 saturated heterocycles. The highest BCUT2D eigenvalue weighted by atomic mass is 15.3. The van der Waals surface area contributed by atoms with Gasteiger partial charge >= 0.3 is 0 Å². The van der Waals surface area contributed by atoms with Gasteiger partial charge in [0.2, 0.25) is 0 Å². The molecule has 74 valence electrons. The summed E-state index contributed by atoms with van der Waals surface area (Å²) in [6.07, 6.45) is 2.16. The van der Waals surface area contributed by atoms with E-state index in [2.05, 4.69) is 18.9 Å². The lowest BCUT2D eigenvalue weighted by Crippen LogP contribution is -2.11. The Kier molecular flexibility index (Phi) is 3.09. The maximum Gasteiger partial charge on any atom is 0.0644 e. The summed E-state index contributed by atoms with van der Waals surface area (Å²) in [4.78, 5) is 0. The van der Waals surface area contributed by atoms with Crippen LogP contribution in [0.4, 0.5) is 0 Å². The Morgan fingerprint density at radius 3 is 2.46 bits per heavy atom. The van der Waals surface area contributed by atoms with Crippen LogP contribution in [-0.2, 0) is 7.05 Å². The van der Waals surface area contributed by atoms with E-state index in [-0.39, 0.29) is 6.04 Å². The lowest BCUT2D eigenvalue weighted by molar-refractivity contribution is 0.629. The average Bonchev–Trinajstić information content (AvgIpc) is 2.27.